The number of likely N-dealkylation sites (N-methyl/N-ethyl adjacent to an activating group) is 1. The van der Waals surface area contributed by atoms with Gasteiger partial charge >= 0.3 is 0 Å². The predicted molar refractivity (Wildman–Crippen MR) is 175 cm³/mol. The number of hydrogen-bond acceptors (Lipinski definition) is 9. The Kier molecular flexibility index (Phi) is 9.41. The number of halogens is 2. The van der Waals surface area contributed by atoms with E-state index in [0.29, 0.717) is 58.3 Å². The second kappa shape index (κ2) is 13.5. The Morgan fingerprint density at radius 3 is 2.53 bits per heavy atom. The zero-order valence-electron chi connectivity index (χ0n) is 25.7. The van der Waals surface area contributed by atoms with E-state index in [-0.39, 0.29) is 17.9 Å². The molecule has 238 valence electrons. The van der Waals surface area contributed by atoms with E-state index < -0.39 is 12.1 Å². The predicted octanol–water partition coefficient (Wildman–Crippen LogP) is 4.41. The number of piperazine rings is 1. The highest BCUT2D eigenvalue weighted by atomic mass is 35.5. The fourth-order valence-corrected chi connectivity index (χ4v) is 6.42. The lowest BCUT2D eigenvalue weighted by molar-refractivity contribution is -0.125. The van der Waals surface area contributed by atoms with Crippen molar-refractivity contribution in [2.45, 2.75) is 51.4 Å². The number of benzene rings is 1. The normalized spacial score (nSPS) is 18.9. The van der Waals surface area contributed by atoms with Gasteiger partial charge in [0.2, 0.25) is 11.9 Å². The average Bonchev–Trinajstić information content (AvgIpc) is 3.38. The van der Waals surface area contributed by atoms with Gasteiger partial charge < -0.3 is 30.1 Å². The van der Waals surface area contributed by atoms with Crippen molar-refractivity contribution in [2.24, 2.45) is 0 Å². The van der Waals surface area contributed by atoms with Crippen molar-refractivity contribution in [1.82, 2.24) is 30.1 Å². The van der Waals surface area contributed by atoms with E-state index in [0.717, 1.165) is 50.4 Å². The molecule has 5 heterocycles. The van der Waals surface area contributed by atoms with Gasteiger partial charge in [0.15, 0.2) is 0 Å². The number of rotatable bonds is 8. The number of ether oxygens (including phenoxy) is 1. The molecule has 0 aliphatic carbocycles. The van der Waals surface area contributed by atoms with Crippen LogP contribution >= 0.6 is 23.2 Å². The molecule has 1 aromatic carbocycles. The Morgan fingerprint density at radius 1 is 1.02 bits per heavy atom. The minimum Gasteiger partial charge on any atom is -0.381 e. The summed E-state index contributed by atoms with van der Waals surface area (Å²) in [5, 5.41) is 7.27. The minimum atomic E-state index is -0.715. The lowest BCUT2D eigenvalue weighted by Gasteiger charge is -2.33. The van der Waals surface area contributed by atoms with Crippen LogP contribution in [0.15, 0.2) is 36.5 Å². The molecule has 11 nitrogen and oxygen atoms in total. The summed E-state index contributed by atoms with van der Waals surface area (Å²) in [5.74, 6) is 0.821. The maximum absolute atomic E-state index is 13.6. The molecule has 0 radical (unpaired) electrons. The monoisotopic (exact) mass is 652 g/mol. The van der Waals surface area contributed by atoms with E-state index in [4.69, 9.17) is 32.9 Å². The highest BCUT2D eigenvalue weighted by Gasteiger charge is 2.35. The molecular weight excluding hydrogens is 615 g/mol. The van der Waals surface area contributed by atoms with Crippen LogP contribution in [-0.2, 0) is 16.1 Å². The summed E-state index contributed by atoms with van der Waals surface area (Å²) >= 11 is 13.0. The molecule has 0 saturated carbocycles. The SMILES string of the molecule is CC(NC(=O)C(C)N1Cc2ccc(-c3nc(NC4CCOCC4)ncc3Cl)cc2C1=O)c1nc(N2CCN(C)CC2)ccc1Cl. The topological polar surface area (TPSA) is 116 Å². The first-order chi connectivity index (χ1) is 21.7. The minimum absolute atomic E-state index is 0.221. The Morgan fingerprint density at radius 2 is 1.78 bits per heavy atom. The van der Waals surface area contributed by atoms with Crippen LogP contribution in [0.2, 0.25) is 10.0 Å². The number of carbonyl (C=O) groups is 2. The van der Waals surface area contributed by atoms with E-state index in [1.165, 1.54) is 0 Å². The van der Waals surface area contributed by atoms with Crippen molar-refractivity contribution < 1.29 is 14.3 Å². The highest BCUT2D eigenvalue weighted by molar-refractivity contribution is 6.33. The van der Waals surface area contributed by atoms with Gasteiger partial charge in [-0.3, -0.25) is 9.59 Å². The molecular formula is C32H38Cl2N8O3. The van der Waals surface area contributed by atoms with Gasteiger partial charge in [-0.25, -0.2) is 15.0 Å². The molecule has 0 spiro atoms. The van der Waals surface area contributed by atoms with Crippen LogP contribution in [0.3, 0.4) is 0 Å². The van der Waals surface area contributed by atoms with Gasteiger partial charge in [0, 0.05) is 63.1 Å². The van der Waals surface area contributed by atoms with Crippen molar-refractivity contribution in [1.29, 1.82) is 0 Å². The Bertz CT molecular complexity index is 1580. The number of amides is 2. The first-order valence-corrected chi connectivity index (χ1v) is 16.1. The fraction of sp³-hybridized carbons (Fsp3) is 0.469. The summed E-state index contributed by atoms with van der Waals surface area (Å²) in [7, 11) is 2.11. The number of carbonyl (C=O) groups excluding carboxylic acids is 2. The van der Waals surface area contributed by atoms with Crippen LogP contribution in [0.4, 0.5) is 11.8 Å². The molecule has 6 rings (SSSR count). The van der Waals surface area contributed by atoms with E-state index in [1.54, 1.807) is 24.1 Å². The standard InChI is InChI=1S/C32H38Cl2N8O3/c1-19(28-25(33)6-7-27(38-28)41-12-10-40(3)11-13-41)36-30(43)20(2)42-18-22-5-4-21(16-24(22)31(42)44)29-26(34)17-35-32(39-29)37-23-8-14-45-15-9-23/h4-7,16-17,19-20,23H,8-15,18H2,1-3H3,(H,36,43)(H,35,37,39). The van der Waals surface area contributed by atoms with Crippen LogP contribution in [0, 0.1) is 0 Å². The van der Waals surface area contributed by atoms with Crippen LogP contribution in [0.5, 0.6) is 0 Å². The molecule has 3 aromatic rings. The Balaban J connectivity index is 1.13. The summed E-state index contributed by atoms with van der Waals surface area (Å²) in [6.07, 6.45) is 3.32. The van der Waals surface area contributed by atoms with Crippen molar-refractivity contribution in [3.05, 3.63) is 63.4 Å². The fourth-order valence-electron chi connectivity index (χ4n) is 5.95. The van der Waals surface area contributed by atoms with Gasteiger partial charge in [-0.15, -0.1) is 0 Å². The maximum atomic E-state index is 13.6. The van der Waals surface area contributed by atoms with Crippen molar-refractivity contribution in [2.75, 3.05) is 56.7 Å². The van der Waals surface area contributed by atoms with Crippen LogP contribution in [-0.4, -0.2) is 95.1 Å². The summed E-state index contributed by atoms with van der Waals surface area (Å²) in [6, 6.07) is 8.40. The number of aromatic nitrogens is 3. The van der Waals surface area contributed by atoms with E-state index in [9.17, 15) is 9.59 Å². The number of hydrogen-bond donors (Lipinski definition) is 2. The highest BCUT2D eigenvalue weighted by Crippen LogP contribution is 2.33. The average molecular weight is 654 g/mol. The third kappa shape index (κ3) is 6.86. The summed E-state index contributed by atoms with van der Waals surface area (Å²) < 4.78 is 5.44. The number of nitrogens with one attached hydrogen (secondary N) is 2. The van der Waals surface area contributed by atoms with Gasteiger partial charge in [-0.1, -0.05) is 35.3 Å². The number of anilines is 2. The summed E-state index contributed by atoms with van der Waals surface area (Å²) in [6.45, 7) is 8.98. The van der Waals surface area contributed by atoms with Gasteiger partial charge in [-0.05, 0) is 57.5 Å². The van der Waals surface area contributed by atoms with E-state index >= 15 is 0 Å². The number of pyridine rings is 1. The summed E-state index contributed by atoms with van der Waals surface area (Å²) in [4.78, 5) is 47.0. The molecule has 2 amide bonds. The van der Waals surface area contributed by atoms with Gasteiger partial charge in [0.1, 0.15) is 11.9 Å². The van der Waals surface area contributed by atoms with Crippen LogP contribution < -0.4 is 15.5 Å². The van der Waals surface area contributed by atoms with Crippen LogP contribution in [0.1, 0.15) is 54.3 Å². The summed E-state index contributed by atoms with van der Waals surface area (Å²) in [5.41, 5.74) is 3.21. The van der Waals surface area contributed by atoms with Gasteiger partial charge in [-0.2, -0.15) is 0 Å². The largest absolute Gasteiger partial charge is 0.381 e. The second-order valence-corrected chi connectivity index (χ2v) is 12.8. The number of nitrogens with zero attached hydrogens (tertiary/aromatic N) is 6. The number of fused-ring (bicyclic) bond motifs is 1. The third-order valence-electron chi connectivity index (χ3n) is 8.82. The van der Waals surface area contributed by atoms with Gasteiger partial charge in [0.25, 0.3) is 5.91 Å². The maximum Gasteiger partial charge on any atom is 0.255 e. The third-order valence-corrected chi connectivity index (χ3v) is 9.41. The van der Waals surface area contributed by atoms with Crippen molar-refractivity contribution in [3.63, 3.8) is 0 Å². The lowest BCUT2D eigenvalue weighted by atomic mass is 10.0. The molecule has 2 atom stereocenters. The first-order valence-electron chi connectivity index (χ1n) is 15.4. The zero-order chi connectivity index (χ0) is 31.7. The van der Waals surface area contributed by atoms with E-state index in [1.807, 2.05) is 31.2 Å². The molecule has 2 fully saturated rings. The van der Waals surface area contributed by atoms with Crippen molar-refractivity contribution >= 4 is 46.8 Å². The second-order valence-electron chi connectivity index (χ2n) is 12.0. The molecule has 2 unspecified atom stereocenters. The molecule has 2 N–H and O–H groups in total. The molecule has 13 heteroatoms. The lowest BCUT2D eigenvalue weighted by Crippen LogP contribution is -2.46. The Hall–Kier alpha value is -3.51. The van der Waals surface area contributed by atoms with Gasteiger partial charge in [0.05, 0.1) is 33.7 Å². The molecule has 2 saturated heterocycles. The quantitative estimate of drug-likeness (QED) is 0.365. The Labute approximate surface area is 273 Å². The van der Waals surface area contributed by atoms with Crippen LogP contribution in [0.25, 0.3) is 11.3 Å². The molecule has 2 aromatic heterocycles. The molecule has 45 heavy (non-hydrogen) atoms. The first kappa shape index (κ1) is 31.5. The molecule has 0 bridgehead atoms. The molecule has 3 aliphatic heterocycles. The molecule has 3 aliphatic rings. The van der Waals surface area contributed by atoms with E-state index in [2.05, 4.69) is 37.4 Å². The van der Waals surface area contributed by atoms with Crippen molar-refractivity contribution in [3.8, 4) is 11.3 Å². The zero-order valence-corrected chi connectivity index (χ0v) is 27.2. The smallest absolute Gasteiger partial charge is 0.255 e.